The number of thiazole rings is 1. The first-order valence-electron chi connectivity index (χ1n) is 7.90. The molecule has 0 unspecified atom stereocenters. The lowest BCUT2D eigenvalue weighted by molar-refractivity contribution is 0.102. The molecule has 0 aliphatic heterocycles. The standard InChI is InChI=1S/C17H16BrN3O3S3/c1-3-27(23,24)21-13-5-4-12(6-10(13)2)19-16(22)14-9-26-17(20-14)15-7-11(18)8-25-15/h4-9,21H,3H2,1-2H3,(H,19,22). The lowest BCUT2D eigenvalue weighted by atomic mass is 10.2. The van der Waals surface area contributed by atoms with Gasteiger partial charge in [-0.25, -0.2) is 13.4 Å². The highest BCUT2D eigenvalue weighted by molar-refractivity contribution is 9.10. The maximum atomic E-state index is 12.5. The molecule has 2 heterocycles. The Bertz CT molecular complexity index is 1090. The molecule has 10 heteroatoms. The van der Waals surface area contributed by atoms with Crippen LogP contribution in [0.5, 0.6) is 0 Å². The fourth-order valence-electron chi connectivity index (χ4n) is 2.21. The minimum atomic E-state index is -3.34. The van der Waals surface area contributed by atoms with E-state index in [1.54, 1.807) is 48.8 Å². The molecule has 0 aliphatic rings. The molecule has 2 aromatic heterocycles. The van der Waals surface area contributed by atoms with Crippen LogP contribution in [0, 0.1) is 6.92 Å². The lowest BCUT2D eigenvalue weighted by Gasteiger charge is -2.11. The molecule has 3 rings (SSSR count). The number of hydrogen-bond acceptors (Lipinski definition) is 6. The third-order valence-electron chi connectivity index (χ3n) is 3.64. The van der Waals surface area contributed by atoms with Crippen LogP contribution in [-0.2, 0) is 10.0 Å². The maximum Gasteiger partial charge on any atom is 0.275 e. The molecule has 0 saturated carbocycles. The molecule has 6 nitrogen and oxygen atoms in total. The molecular weight excluding hydrogens is 470 g/mol. The van der Waals surface area contributed by atoms with Crippen molar-refractivity contribution in [2.45, 2.75) is 13.8 Å². The highest BCUT2D eigenvalue weighted by Gasteiger charge is 2.14. The molecule has 0 bridgehead atoms. The van der Waals surface area contributed by atoms with Crippen molar-refractivity contribution in [3.63, 3.8) is 0 Å². The number of amides is 1. The number of carbonyl (C=O) groups is 1. The average molecular weight is 486 g/mol. The Morgan fingerprint density at radius 1 is 1.22 bits per heavy atom. The minimum absolute atomic E-state index is 0.00209. The Morgan fingerprint density at radius 3 is 2.63 bits per heavy atom. The van der Waals surface area contributed by atoms with Gasteiger partial charge in [0.2, 0.25) is 10.0 Å². The zero-order valence-electron chi connectivity index (χ0n) is 14.4. The summed E-state index contributed by atoms with van der Waals surface area (Å²) in [5.74, 6) is -0.313. The highest BCUT2D eigenvalue weighted by atomic mass is 79.9. The molecule has 2 N–H and O–H groups in total. The number of sulfonamides is 1. The number of aromatic nitrogens is 1. The van der Waals surface area contributed by atoms with Crippen LogP contribution in [0.25, 0.3) is 9.88 Å². The first-order chi connectivity index (χ1) is 12.8. The van der Waals surface area contributed by atoms with Crippen molar-refractivity contribution in [2.24, 2.45) is 0 Å². The maximum absolute atomic E-state index is 12.5. The topological polar surface area (TPSA) is 88.2 Å². The number of aryl methyl sites for hydroxylation is 1. The number of nitrogens with zero attached hydrogens (tertiary/aromatic N) is 1. The van der Waals surface area contributed by atoms with Crippen molar-refractivity contribution < 1.29 is 13.2 Å². The first-order valence-corrected chi connectivity index (χ1v) is 12.1. The van der Waals surface area contributed by atoms with Crippen molar-refractivity contribution in [2.75, 3.05) is 15.8 Å². The fourth-order valence-corrected chi connectivity index (χ4v) is 5.22. The van der Waals surface area contributed by atoms with E-state index in [9.17, 15) is 13.2 Å². The lowest BCUT2D eigenvalue weighted by Crippen LogP contribution is -2.16. The molecule has 0 saturated heterocycles. The SMILES string of the molecule is CCS(=O)(=O)Nc1ccc(NC(=O)c2csc(-c3cc(Br)cs3)n2)cc1C. The number of carbonyl (C=O) groups excluding carboxylic acids is 1. The van der Waals surface area contributed by atoms with Crippen LogP contribution in [0.4, 0.5) is 11.4 Å². The van der Waals surface area contributed by atoms with Gasteiger partial charge in [-0.05, 0) is 59.6 Å². The van der Waals surface area contributed by atoms with Crippen LogP contribution in [0.15, 0.2) is 39.5 Å². The monoisotopic (exact) mass is 485 g/mol. The van der Waals surface area contributed by atoms with E-state index in [0.717, 1.165) is 14.4 Å². The van der Waals surface area contributed by atoms with E-state index in [1.807, 2.05) is 11.4 Å². The van der Waals surface area contributed by atoms with Gasteiger partial charge in [-0.15, -0.1) is 22.7 Å². The summed E-state index contributed by atoms with van der Waals surface area (Å²) in [6.07, 6.45) is 0. The van der Waals surface area contributed by atoms with Gasteiger partial charge >= 0.3 is 0 Å². The summed E-state index contributed by atoms with van der Waals surface area (Å²) >= 11 is 6.37. The number of rotatable bonds is 6. The summed E-state index contributed by atoms with van der Waals surface area (Å²) in [5.41, 5.74) is 2.12. The van der Waals surface area contributed by atoms with Crippen molar-refractivity contribution in [3.05, 3.63) is 50.8 Å². The predicted molar refractivity (Wildman–Crippen MR) is 115 cm³/mol. The Morgan fingerprint density at radius 2 is 2.00 bits per heavy atom. The largest absolute Gasteiger partial charge is 0.321 e. The molecule has 1 aromatic carbocycles. The van der Waals surface area contributed by atoms with Crippen LogP contribution in [-0.4, -0.2) is 25.1 Å². The van der Waals surface area contributed by atoms with E-state index in [1.165, 1.54) is 11.3 Å². The van der Waals surface area contributed by atoms with Gasteiger partial charge in [0.15, 0.2) is 0 Å². The number of halogens is 1. The second kappa shape index (κ2) is 8.09. The van der Waals surface area contributed by atoms with Crippen LogP contribution in [0.3, 0.4) is 0 Å². The van der Waals surface area contributed by atoms with Gasteiger partial charge in [-0.1, -0.05) is 0 Å². The van der Waals surface area contributed by atoms with E-state index in [2.05, 4.69) is 31.0 Å². The predicted octanol–water partition coefficient (Wildman–Crippen LogP) is 4.96. The number of nitrogens with one attached hydrogen (secondary N) is 2. The quantitative estimate of drug-likeness (QED) is 0.516. The molecule has 0 spiro atoms. The molecule has 27 heavy (non-hydrogen) atoms. The van der Waals surface area contributed by atoms with Crippen molar-refractivity contribution in [1.29, 1.82) is 0 Å². The van der Waals surface area contributed by atoms with Crippen molar-refractivity contribution >= 4 is 65.9 Å². The minimum Gasteiger partial charge on any atom is -0.321 e. The third kappa shape index (κ3) is 4.95. The second-order valence-electron chi connectivity index (χ2n) is 5.66. The first kappa shape index (κ1) is 20.0. The molecule has 0 fully saturated rings. The second-order valence-corrected chi connectivity index (χ2v) is 10.4. The number of hydrogen-bond donors (Lipinski definition) is 2. The molecule has 0 radical (unpaired) electrons. The average Bonchev–Trinajstić information content (AvgIpc) is 3.26. The van der Waals surface area contributed by atoms with Gasteiger partial charge in [-0.2, -0.15) is 0 Å². The summed E-state index contributed by atoms with van der Waals surface area (Å²) < 4.78 is 26.9. The van der Waals surface area contributed by atoms with Crippen molar-refractivity contribution in [1.82, 2.24) is 4.98 Å². The van der Waals surface area contributed by atoms with Gasteiger partial charge in [0, 0.05) is 20.9 Å². The Balaban J connectivity index is 1.73. The van der Waals surface area contributed by atoms with Crippen LogP contribution < -0.4 is 10.0 Å². The fraction of sp³-hybridized carbons (Fsp3) is 0.176. The van der Waals surface area contributed by atoms with E-state index < -0.39 is 10.0 Å². The molecule has 1 amide bonds. The zero-order valence-corrected chi connectivity index (χ0v) is 18.5. The van der Waals surface area contributed by atoms with E-state index in [0.29, 0.717) is 22.6 Å². The van der Waals surface area contributed by atoms with Crippen LogP contribution in [0.1, 0.15) is 23.0 Å². The Labute approximate surface area is 173 Å². The van der Waals surface area contributed by atoms with E-state index in [4.69, 9.17) is 0 Å². The zero-order chi connectivity index (χ0) is 19.6. The Hall–Kier alpha value is -1.75. The van der Waals surface area contributed by atoms with E-state index in [-0.39, 0.29) is 11.7 Å². The number of benzene rings is 1. The number of thiophene rings is 1. The van der Waals surface area contributed by atoms with Gasteiger partial charge in [0.25, 0.3) is 5.91 Å². The normalized spacial score (nSPS) is 11.4. The number of anilines is 2. The van der Waals surface area contributed by atoms with Crippen molar-refractivity contribution in [3.8, 4) is 9.88 Å². The third-order valence-corrected chi connectivity index (χ3v) is 7.64. The summed E-state index contributed by atoms with van der Waals surface area (Å²) in [7, 11) is -3.34. The molecular formula is C17H16BrN3O3S3. The van der Waals surface area contributed by atoms with Gasteiger partial charge in [0.1, 0.15) is 10.7 Å². The highest BCUT2D eigenvalue weighted by Crippen LogP contribution is 2.32. The summed E-state index contributed by atoms with van der Waals surface area (Å²) in [5, 5.41) is 7.27. The van der Waals surface area contributed by atoms with Crippen LogP contribution in [0.2, 0.25) is 0 Å². The van der Waals surface area contributed by atoms with E-state index >= 15 is 0 Å². The summed E-state index contributed by atoms with van der Waals surface area (Å²) in [6, 6.07) is 6.97. The summed E-state index contributed by atoms with van der Waals surface area (Å²) in [4.78, 5) is 17.8. The summed E-state index contributed by atoms with van der Waals surface area (Å²) in [6.45, 7) is 3.35. The van der Waals surface area contributed by atoms with Crippen LogP contribution >= 0.6 is 38.6 Å². The molecule has 142 valence electrons. The van der Waals surface area contributed by atoms with Gasteiger partial charge < -0.3 is 5.32 Å². The molecule has 3 aromatic rings. The molecule has 0 atom stereocenters. The van der Waals surface area contributed by atoms with Gasteiger partial charge in [0.05, 0.1) is 16.3 Å². The van der Waals surface area contributed by atoms with Gasteiger partial charge in [-0.3, -0.25) is 9.52 Å². The molecule has 0 aliphatic carbocycles. The smallest absolute Gasteiger partial charge is 0.275 e. The Kier molecular flexibility index (Phi) is 5.99.